The molecule has 140 valence electrons. The molecule has 26 heavy (non-hydrogen) atoms. The molecule has 0 saturated carbocycles. The van der Waals surface area contributed by atoms with Gasteiger partial charge in [0.2, 0.25) is 10.0 Å². The molecule has 0 aromatic heterocycles. The lowest BCUT2D eigenvalue weighted by Crippen LogP contribution is -2.52. The van der Waals surface area contributed by atoms with Crippen molar-refractivity contribution in [2.45, 2.75) is 43.4 Å². The highest BCUT2D eigenvalue weighted by Gasteiger charge is 2.44. The molecular weight excluding hydrogens is 348 g/mol. The summed E-state index contributed by atoms with van der Waals surface area (Å²) in [7, 11) is 0.311. The number of benzene rings is 2. The number of aliphatic hydroxyl groups is 1. The summed E-state index contributed by atoms with van der Waals surface area (Å²) >= 11 is 0. The monoisotopic (exact) mass is 374 g/mol. The van der Waals surface area contributed by atoms with Crippen LogP contribution in [0.15, 0.2) is 53.4 Å². The van der Waals surface area contributed by atoms with Crippen LogP contribution in [0.4, 0.5) is 5.69 Å². The van der Waals surface area contributed by atoms with Crippen LogP contribution in [-0.2, 0) is 16.4 Å². The molecule has 5 nitrogen and oxygen atoms in total. The first-order valence-electron chi connectivity index (χ1n) is 8.80. The van der Waals surface area contributed by atoms with E-state index in [-0.39, 0.29) is 10.9 Å². The van der Waals surface area contributed by atoms with E-state index in [4.69, 9.17) is 0 Å². The molecule has 0 amide bonds. The molecule has 0 unspecified atom stereocenters. The fraction of sp³-hybridized carbons (Fsp3) is 0.400. The van der Waals surface area contributed by atoms with Crippen LogP contribution in [0.25, 0.3) is 0 Å². The van der Waals surface area contributed by atoms with Crippen LogP contribution >= 0.6 is 0 Å². The number of sulfonamides is 1. The number of hydrogen-bond acceptors (Lipinski definition) is 4. The van der Waals surface area contributed by atoms with Crippen LogP contribution in [0, 0.1) is 0 Å². The highest BCUT2D eigenvalue weighted by Crippen LogP contribution is 2.39. The zero-order chi connectivity index (χ0) is 19.1. The van der Waals surface area contributed by atoms with Crippen LogP contribution in [-0.4, -0.2) is 44.0 Å². The Bertz CT molecular complexity index is 876. The summed E-state index contributed by atoms with van der Waals surface area (Å²) in [6.45, 7) is 3.70. The predicted octanol–water partition coefficient (Wildman–Crippen LogP) is 2.81. The van der Waals surface area contributed by atoms with Gasteiger partial charge < -0.3 is 10.0 Å². The van der Waals surface area contributed by atoms with Crippen LogP contribution in [0.2, 0.25) is 0 Å². The second-order valence-electron chi connectivity index (χ2n) is 7.24. The molecule has 2 aromatic rings. The van der Waals surface area contributed by atoms with Gasteiger partial charge in [-0.2, -0.15) is 4.31 Å². The van der Waals surface area contributed by atoms with E-state index in [1.807, 2.05) is 57.1 Å². The third-order valence-electron chi connectivity index (χ3n) is 4.89. The van der Waals surface area contributed by atoms with E-state index in [1.54, 1.807) is 24.3 Å². The number of hydrogen-bond donors (Lipinski definition) is 1. The molecule has 1 N–H and O–H groups in total. The normalized spacial score (nSPS) is 22.2. The smallest absolute Gasteiger partial charge is 0.244 e. The van der Waals surface area contributed by atoms with Crippen molar-refractivity contribution in [2.24, 2.45) is 0 Å². The lowest BCUT2D eigenvalue weighted by molar-refractivity contribution is 0.0685. The van der Waals surface area contributed by atoms with E-state index in [1.165, 1.54) is 4.31 Å². The highest BCUT2D eigenvalue weighted by molar-refractivity contribution is 7.89. The van der Waals surface area contributed by atoms with E-state index in [0.29, 0.717) is 12.0 Å². The molecule has 0 saturated heterocycles. The molecule has 0 fully saturated rings. The van der Waals surface area contributed by atoms with Crippen molar-refractivity contribution in [1.29, 1.82) is 0 Å². The van der Waals surface area contributed by atoms with Crippen LogP contribution in [0.1, 0.15) is 31.1 Å². The number of fused-ring (bicyclic) bond motifs is 1. The van der Waals surface area contributed by atoms with Gasteiger partial charge in [-0.05, 0) is 44.0 Å². The van der Waals surface area contributed by atoms with Gasteiger partial charge in [0, 0.05) is 31.4 Å². The highest BCUT2D eigenvalue weighted by atomic mass is 32.2. The lowest BCUT2D eigenvalue weighted by atomic mass is 9.95. The number of aliphatic hydroxyl groups excluding tert-OH is 1. The molecule has 1 aliphatic heterocycles. The first-order chi connectivity index (χ1) is 12.2. The van der Waals surface area contributed by atoms with Gasteiger partial charge in [0.25, 0.3) is 0 Å². The molecular formula is C20H26N2O3S. The third kappa shape index (κ3) is 3.24. The second-order valence-corrected chi connectivity index (χ2v) is 9.06. The van der Waals surface area contributed by atoms with Crippen molar-refractivity contribution in [3.8, 4) is 0 Å². The van der Waals surface area contributed by atoms with Gasteiger partial charge in [-0.15, -0.1) is 0 Å². The minimum atomic E-state index is -3.64. The second kappa shape index (κ2) is 7.02. The van der Waals surface area contributed by atoms with Crippen LogP contribution < -0.4 is 4.90 Å². The number of anilines is 1. The van der Waals surface area contributed by atoms with Gasteiger partial charge in [-0.1, -0.05) is 30.3 Å². The number of rotatable bonds is 4. The Balaban J connectivity index is 2.02. The van der Waals surface area contributed by atoms with Gasteiger partial charge in [-0.3, -0.25) is 0 Å². The largest absolute Gasteiger partial charge is 0.387 e. The van der Waals surface area contributed by atoms with Crippen molar-refractivity contribution in [3.05, 3.63) is 59.7 Å². The summed E-state index contributed by atoms with van der Waals surface area (Å²) in [6.07, 6.45) is -0.397. The first-order valence-corrected chi connectivity index (χ1v) is 10.2. The average molecular weight is 375 g/mol. The van der Waals surface area contributed by atoms with Gasteiger partial charge in [0.05, 0.1) is 17.0 Å². The van der Waals surface area contributed by atoms with Crippen molar-refractivity contribution < 1.29 is 13.5 Å². The summed E-state index contributed by atoms with van der Waals surface area (Å²) < 4.78 is 27.7. The predicted molar refractivity (Wildman–Crippen MR) is 104 cm³/mol. The molecule has 0 spiro atoms. The molecule has 6 heteroatoms. The third-order valence-corrected chi connectivity index (χ3v) is 7.07. The lowest BCUT2D eigenvalue weighted by Gasteiger charge is -2.41. The summed E-state index contributed by atoms with van der Waals surface area (Å²) in [5.74, 6) is 0. The van der Waals surface area contributed by atoms with Crippen LogP contribution in [0.5, 0.6) is 0 Å². The van der Waals surface area contributed by atoms with Crippen molar-refractivity contribution in [2.75, 3.05) is 19.0 Å². The summed E-state index contributed by atoms with van der Waals surface area (Å²) in [6, 6.07) is 14.0. The minimum absolute atomic E-state index is 0.209. The van der Waals surface area contributed by atoms with Gasteiger partial charge >= 0.3 is 0 Å². The molecule has 0 bridgehead atoms. The zero-order valence-corrected chi connectivity index (χ0v) is 16.4. The van der Waals surface area contributed by atoms with E-state index >= 15 is 0 Å². The maximum atomic E-state index is 13.1. The Morgan fingerprint density at radius 2 is 1.69 bits per heavy atom. The Hall–Kier alpha value is -1.89. The number of nitrogens with zero attached hydrogens (tertiary/aromatic N) is 2. The summed E-state index contributed by atoms with van der Waals surface area (Å²) in [5.41, 5.74) is 2.57. The zero-order valence-electron chi connectivity index (χ0n) is 15.6. The van der Waals surface area contributed by atoms with Crippen LogP contribution in [0.3, 0.4) is 0 Å². The van der Waals surface area contributed by atoms with E-state index in [9.17, 15) is 13.5 Å². The first kappa shape index (κ1) is 18.9. The Labute approximate surface area is 155 Å². The van der Waals surface area contributed by atoms with E-state index < -0.39 is 22.2 Å². The molecule has 2 aromatic carbocycles. The quantitative estimate of drug-likeness (QED) is 0.894. The van der Waals surface area contributed by atoms with Gasteiger partial charge in [0.15, 0.2) is 0 Å². The average Bonchev–Trinajstić information content (AvgIpc) is 2.59. The SMILES string of the molecule is CC(C)N1[C@@H](Cc2ccc(N(C)C)cc2)[C@H](O)c2ccccc2S1(=O)=O. The summed E-state index contributed by atoms with van der Waals surface area (Å²) in [4.78, 5) is 2.22. The van der Waals surface area contributed by atoms with Gasteiger partial charge in [-0.25, -0.2) is 8.42 Å². The summed E-state index contributed by atoms with van der Waals surface area (Å²) in [5, 5.41) is 11.0. The maximum absolute atomic E-state index is 13.1. The Kier molecular flexibility index (Phi) is 5.10. The molecule has 0 radical (unpaired) electrons. The minimum Gasteiger partial charge on any atom is -0.387 e. The fourth-order valence-electron chi connectivity index (χ4n) is 3.63. The standard InChI is InChI=1S/C20H26N2O3S/c1-14(2)22-18(13-15-9-11-16(12-10-15)21(3)4)20(23)17-7-5-6-8-19(17)26(22,24)25/h5-12,14,18,20,23H,13H2,1-4H3/t18-,20+/m0/s1. The maximum Gasteiger partial charge on any atom is 0.244 e. The molecule has 1 aliphatic rings. The topological polar surface area (TPSA) is 60.9 Å². The molecule has 2 atom stereocenters. The molecule has 3 rings (SSSR count). The Morgan fingerprint density at radius 3 is 2.27 bits per heavy atom. The van der Waals surface area contributed by atoms with E-state index in [0.717, 1.165) is 11.3 Å². The van der Waals surface area contributed by atoms with Crippen molar-refractivity contribution >= 4 is 15.7 Å². The Morgan fingerprint density at radius 1 is 1.08 bits per heavy atom. The van der Waals surface area contributed by atoms with Crippen molar-refractivity contribution in [3.63, 3.8) is 0 Å². The van der Waals surface area contributed by atoms with E-state index in [2.05, 4.69) is 0 Å². The molecule has 1 heterocycles. The molecule has 0 aliphatic carbocycles. The van der Waals surface area contributed by atoms with Crippen molar-refractivity contribution in [1.82, 2.24) is 4.31 Å². The fourth-order valence-corrected chi connectivity index (χ4v) is 5.70. The van der Waals surface area contributed by atoms with Gasteiger partial charge in [0.1, 0.15) is 0 Å².